The van der Waals surface area contributed by atoms with Gasteiger partial charge in [-0.05, 0) is 82.6 Å². The molecule has 3 aromatic rings. The Morgan fingerprint density at radius 2 is 2.00 bits per heavy atom. The molecule has 37 heavy (non-hydrogen) atoms. The molecule has 5 rings (SSSR count). The van der Waals surface area contributed by atoms with Crippen molar-refractivity contribution in [3.05, 3.63) is 59.0 Å². The first kappa shape index (κ1) is 25.0. The molecule has 1 aliphatic heterocycles. The molecule has 1 saturated heterocycles. The summed E-state index contributed by atoms with van der Waals surface area (Å²) in [6.07, 6.45) is 6.95. The third-order valence-electron chi connectivity index (χ3n) is 7.50. The van der Waals surface area contributed by atoms with E-state index in [0.29, 0.717) is 24.5 Å². The maximum absolute atomic E-state index is 13.4. The maximum Gasteiger partial charge on any atom is 0.274 e. The Labute approximate surface area is 217 Å². The van der Waals surface area contributed by atoms with Gasteiger partial charge in [0.05, 0.1) is 24.4 Å². The fraction of sp³-hybridized carbons (Fsp3) is 0.500. The highest BCUT2D eigenvalue weighted by atomic mass is 16.5. The summed E-state index contributed by atoms with van der Waals surface area (Å²) in [5.74, 6) is 1.06. The van der Waals surface area contributed by atoms with E-state index in [0.717, 1.165) is 49.1 Å². The number of amides is 2. The molecule has 0 radical (unpaired) electrons. The van der Waals surface area contributed by atoms with Gasteiger partial charge in [0.2, 0.25) is 5.91 Å². The Balaban J connectivity index is 1.28. The number of hydrogen-bond acceptors (Lipinski definition) is 5. The van der Waals surface area contributed by atoms with Crippen LogP contribution in [0.25, 0.3) is 0 Å². The molecule has 9 heteroatoms. The lowest BCUT2D eigenvalue weighted by atomic mass is 9.83. The number of carbonyl (C=O) groups is 2. The number of benzene rings is 1. The van der Waals surface area contributed by atoms with Crippen molar-refractivity contribution in [2.75, 3.05) is 19.0 Å². The Bertz CT molecular complexity index is 1270. The highest BCUT2D eigenvalue weighted by Crippen LogP contribution is 2.34. The summed E-state index contributed by atoms with van der Waals surface area (Å²) >= 11 is 0. The number of ether oxygens (including phenoxy) is 1. The molecule has 2 N–H and O–H groups in total. The van der Waals surface area contributed by atoms with E-state index < -0.39 is 0 Å². The highest BCUT2D eigenvalue weighted by Gasteiger charge is 2.32. The average Bonchev–Trinajstić information content (AvgIpc) is 3.58. The topological polar surface area (TPSA) is 105 Å². The van der Waals surface area contributed by atoms with Crippen LogP contribution < -0.4 is 10.1 Å². The molecule has 196 valence electrons. The number of likely N-dealkylation sites (tertiary alicyclic amines) is 1. The van der Waals surface area contributed by atoms with Crippen LogP contribution in [0.5, 0.6) is 5.75 Å². The van der Waals surface area contributed by atoms with Crippen molar-refractivity contribution in [3.63, 3.8) is 0 Å². The minimum atomic E-state index is -0.193. The van der Waals surface area contributed by atoms with Crippen molar-refractivity contribution >= 4 is 17.6 Å². The van der Waals surface area contributed by atoms with Gasteiger partial charge in [-0.15, -0.1) is 0 Å². The zero-order valence-electron chi connectivity index (χ0n) is 22.1. The van der Waals surface area contributed by atoms with Crippen LogP contribution in [0.1, 0.15) is 79.8 Å². The van der Waals surface area contributed by atoms with Crippen LogP contribution in [0.3, 0.4) is 0 Å². The van der Waals surface area contributed by atoms with Gasteiger partial charge in [0.1, 0.15) is 11.4 Å². The smallest absolute Gasteiger partial charge is 0.274 e. The molecule has 2 atom stereocenters. The number of fused-ring (bicyclic) bond motifs is 1. The van der Waals surface area contributed by atoms with Gasteiger partial charge in [0.15, 0.2) is 5.82 Å². The number of nitrogens with one attached hydrogen (secondary N) is 2. The number of carbonyl (C=O) groups excluding carboxylic acids is 2. The van der Waals surface area contributed by atoms with Gasteiger partial charge in [0.25, 0.3) is 5.91 Å². The van der Waals surface area contributed by atoms with Crippen LogP contribution in [0, 0.1) is 5.92 Å². The number of H-pyrrole nitrogens is 1. The van der Waals surface area contributed by atoms with Gasteiger partial charge < -0.3 is 15.0 Å². The summed E-state index contributed by atoms with van der Waals surface area (Å²) < 4.78 is 7.34. The van der Waals surface area contributed by atoms with Crippen LogP contribution in [0.2, 0.25) is 0 Å². The first-order valence-electron chi connectivity index (χ1n) is 13.1. The van der Waals surface area contributed by atoms with Crippen molar-refractivity contribution in [3.8, 4) is 5.75 Å². The van der Waals surface area contributed by atoms with E-state index >= 15 is 0 Å². The van der Waals surface area contributed by atoms with Crippen molar-refractivity contribution in [1.29, 1.82) is 0 Å². The van der Waals surface area contributed by atoms with Crippen LogP contribution in [-0.2, 0) is 23.2 Å². The van der Waals surface area contributed by atoms with E-state index in [-0.39, 0.29) is 29.3 Å². The number of aryl methyl sites for hydroxylation is 1. The van der Waals surface area contributed by atoms with Gasteiger partial charge in [-0.25, -0.2) is 0 Å². The summed E-state index contributed by atoms with van der Waals surface area (Å²) in [5, 5.41) is 15.0. The number of nitrogens with zero attached hydrogens (tertiary/aromatic N) is 4. The molecule has 9 nitrogen and oxygen atoms in total. The van der Waals surface area contributed by atoms with Gasteiger partial charge >= 0.3 is 0 Å². The van der Waals surface area contributed by atoms with Crippen LogP contribution in [-0.4, -0.2) is 50.3 Å². The van der Waals surface area contributed by atoms with Crippen molar-refractivity contribution in [2.24, 2.45) is 5.92 Å². The Morgan fingerprint density at radius 1 is 1.16 bits per heavy atom. The van der Waals surface area contributed by atoms with Crippen LogP contribution in [0.15, 0.2) is 36.5 Å². The second kappa shape index (κ2) is 10.0. The monoisotopic (exact) mass is 504 g/mol. The zero-order chi connectivity index (χ0) is 26.2. The molecular formula is C28H36N6O3. The standard InChI is InChI=1S/C28H36N6O3/c1-28(2,3)34-15-13-21(32-34)27(36)33-14-6-5-9-23(33)22-17-25(31-30-22)29-26(35)19-12-11-18-8-7-10-24(37-4)20(18)16-19/h7-8,10,13,15,17,19,23H,5-6,9,11-12,14,16H2,1-4H3,(H2,29,30,31,35). The number of aromatic nitrogens is 4. The summed E-state index contributed by atoms with van der Waals surface area (Å²) in [4.78, 5) is 28.4. The Hall–Kier alpha value is -3.62. The molecule has 2 amide bonds. The fourth-order valence-corrected chi connectivity index (χ4v) is 5.43. The largest absolute Gasteiger partial charge is 0.496 e. The molecule has 1 fully saturated rings. The van der Waals surface area contributed by atoms with Gasteiger partial charge in [0, 0.05) is 24.7 Å². The van der Waals surface area contributed by atoms with E-state index in [1.54, 1.807) is 13.2 Å². The normalized spacial score (nSPS) is 19.8. The lowest BCUT2D eigenvalue weighted by Crippen LogP contribution is -2.39. The number of anilines is 1. The molecule has 2 aromatic heterocycles. The number of methoxy groups -OCH3 is 1. The lowest BCUT2D eigenvalue weighted by molar-refractivity contribution is -0.120. The highest BCUT2D eigenvalue weighted by molar-refractivity contribution is 5.93. The predicted molar refractivity (Wildman–Crippen MR) is 141 cm³/mol. The molecule has 3 heterocycles. The van der Waals surface area contributed by atoms with Crippen molar-refractivity contribution in [1.82, 2.24) is 24.9 Å². The quantitative estimate of drug-likeness (QED) is 0.533. The molecule has 1 aliphatic carbocycles. The number of piperidine rings is 1. The lowest BCUT2D eigenvalue weighted by Gasteiger charge is -2.34. The van der Waals surface area contributed by atoms with Crippen LogP contribution >= 0.6 is 0 Å². The predicted octanol–water partition coefficient (Wildman–Crippen LogP) is 4.48. The molecule has 0 bridgehead atoms. The number of rotatable bonds is 5. The molecule has 1 aromatic carbocycles. The molecule has 2 aliphatic rings. The molecule has 0 saturated carbocycles. The average molecular weight is 505 g/mol. The van der Waals surface area contributed by atoms with Gasteiger partial charge in [-0.1, -0.05) is 12.1 Å². The molecule has 0 spiro atoms. The first-order valence-corrected chi connectivity index (χ1v) is 13.1. The minimum absolute atomic E-state index is 0.0427. The van der Waals surface area contributed by atoms with E-state index in [4.69, 9.17) is 4.74 Å². The summed E-state index contributed by atoms with van der Waals surface area (Å²) in [6, 6.07) is 9.57. The van der Waals surface area contributed by atoms with Crippen molar-refractivity contribution in [2.45, 2.75) is 70.9 Å². The van der Waals surface area contributed by atoms with Gasteiger partial charge in [-0.3, -0.25) is 19.4 Å². The third-order valence-corrected chi connectivity index (χ3v) is 7.50. The van der Waals surface area contributed by atoms with Crippen LogP contribution in [0.4, 0.5) is 5.82 Å². The molecule has 2 unspecified atom stereocenters. The number of aromatic amines is 1. The van der Waals surface area contributed by atoms with Gasteiger partial charge in [-0.2, -0.15) is 10.2 Å². The minimum Gasteiger partial charge on any atom is -0.496 e. The Morgan fingerprint density at radius 3 is 2.76 bits per heavy atom. The fourth-order valence-electron chi connectivity index (χ4n) is 5.43. The molecular weight excluding hydrogens is 468 g/mol. The summed E-state index contributed by atoms with van der Waals surface area (Å²) in [5.41, 5.74) is 3.45. The van der Waals surface area contributed by atoms with E-state index in [1.165, 1.54) is 5.56 Å². The summed E-state index contributed by atoms with van der Waals surface area (Å²) in [7, 11) is 1.67. The third kappa shape index (κ3) is 5.12. The SMILES string of the molecule is COc1cccc2c1CC(C(=O)Nc1cc(C3CCCCN3C(=O)c3ccn(C(C)(C)C)n3)[nH]n1)CC2. The second-order valence-electron chi connectivity index (χ2n) is 11.1. The first-order chi connectivity index (χ1) is 17.7. The maximum atomic E-state index is 13.4. The Kier molecular flexibility index (Phi) is 6.79. The zero-order valence-corrected chi connectivity index (χ0v) is 22.1. The van der Waals surface area contributed by atoms with E-state index in [2.05, 4.69) is 47.5 Å². The summed E-state index contributed by atoms with van der Waals surface area (Å²) in [6.45, 7) is 6.83. The second-order valence-corrected chi connectivity index (χ2v) is 11.1. The van der Waals surface area contributed by atoms with E-state index in [1.807, 2.05) is 34.0 Å². The number of hydrogen-bond donors (Lipinski definition) is 2. The van der Waals surface area contributed by atoms with Crippen molar-refractivity contribution < 1.29 is 14.3 Å². The van der Waals surface area contributed by atoms with E-state index in [9.17, 15) is 9.59 Å².